The van der Waals surface area contributed by atoms with Crippen LogP contribution in [0.15, 0.2) is 53.9 Å². The van der Waals surface area contributed by atoms with Gasteiger partial charge in [0.1, 0.15) is 0 Å². The third-order valence-corrected chi connectivity index (χ3v) is 8.04. The van der Waals surface area contributed by atoms with Crippen LogP contribution in [0, 0.1) is 35.5 Å². The summed E-state index contributed by atoms with van der Waals surface area (Å²) in [6.07, 6.45) is 5.38. The zero-order valence-corrected chi connectivity index (χ0v) is 17.3. The van der Waals surface area contributed by atoms with Crippen molar-refractivity contribution >= 4 is 40.6 Å². The number of Topliss-reactive ketones (excluding diaryl/α,β-unsaturated/α-hetero) is 1. The fraction of sp³-hybridized carbons (Fsp3) is 0.333. The first-order valence-corrected chi connectivity index (χ1v) is 11.3. The lowest BCUT2D eigenvalue weighted by atomic mass is 9.63. The second-order valence-corrected chi connectivity index (χ2v) is 9.64. The van der Waals surface area contributed by atoms with Crippen molar-refractivity contribution in [3.05, 3.63) is 64.4 Å². The molecule has 2 aromatic rings. The van der Waals surface area contributed by atoms with Crippen molar-refractivity contribution in [1.82, 2.24) is 0 Å². The molecule has 7 heteroatoms. The number of carbonyl (C=O) groups is 4. The van der Waals surface area contributed by atoms with Crippen molar-refractivity contribution in [3.8, 4) is 0 Å². The summed E-state index contributed by atoms with van der Waals surface area (Å²) in [6.45, 7) is -0.354. The van der Waals surface area contributed by atoms with E-state index in [1.54, 1.807) is 35.7 Å². The predicted molar refractivity (Wildman–Crippen MR) is 113 cm³/mol. The van der Waals surface area contributed by atoms with Crippen LogP contribution >= 0.6 is 11.3 Å². The van der Waals surface area contributed by atoms with E-state index in [1.807, 2.05) is 0 Å². The molecule has 0 unspecified atom stereocenters. The molecular formula is C24H19NO5S. The Kier molecular flexibility index (Phi) is 4.05. The molecule has 1 saturated heterocycles. The van der Waals surface area contributed by atoms with Gasteiger partial charge in [0.25, 0.3) is 0 Å². The van der Waals surface area contributed by atoms with E-state index in [9.17, 15) is 19.2 Å². The molecule has 6 atom stereocenters. The number of anilines is 1. The number of rotatable bonds is 5. The summed E-state index contributed by atoms with van der Waals surface area (Å²) in [6, 6.07) is 9.78. The maximum Gasteiger partial charge on any atom is 0.338 e. The van der Waals surface area contributed by atoms with E-state index in [0.717, 1.165) is 6.42 Å². The molecular weight excluding hydrogens is 414 g/mol. The number of ketones is 1. The smallest absolute Gasteiger partial charge is 0.338 e. The van der Waals surface area contributed by atoms with Crippen LogP contribution in [0.3, 0.4) is 0 Å². The molecule has 0 N–H and O–H groups in total. The largest absolute Gasteiger partial charge is 0.454 e. The predicted octanol–water partition coefficient (Wildman–Crippen LogP) is 3.35. The normalized spacial score (nSPS) is 32.1. The van der Waals surface area contributed by atoms with Gasteiger partial charge in [-0.3, -0.25) is 14.4 Å². The second-order valence-electron chi connectivity index (χ2n) is 8.69. The highest BCUT2D eigenvalue weighted by atomic mass is 32.1. The van der Waals surface area contributed by atoms with Gasteiger partial charge < -0.3 is 4.74 Å². The first kappa shape index (κ1) is 18.7. The Morgan fingerprint density at radius 1 is 1.00 bits per heavy atom. The highest BCUT2D eigenvalue weighted by Crippen LogP contribution is 2.65. The average molecular weight is 433 g/mol. The first-order chi connectivity index (χ1) is 15.0. The van der Waals surface area contributed by atoms with Gasteiger partial charge in [0, 0.05) is 0 Å². The minimum atomic E-state index is -0.661. The maximum atomic E-state index is 13.2. The minimum Gasteiger partial charge on any atom is -0.454 e. The third-order valence-electron chi connectivity index (χ3n) is 7.13. The quantitative estimate of drug-likeness (QED) is 0.313. The molecule has 2 bridgehead atoms. The Bertz CT molecular complexity index is 1120. The Morgan fingerprint density at radius 2 is 1.71 bits per heavy atom. The van der Waals surface area contributed by atoms with E-state index >= 15 is 0 Å². The van der Waals surface area contributed by atoms with Gasteiger partial charge in [-0.25, -0.2) is 9.69 Å². The molecule has 1 aliphatic heterocycles. The van der Waals surface area contributed by atoms with Gasteiger partial charge in [0.15, 0.2) is 6.61 Å². The summed E-state index contributed by atoms with van der Waals surface area (Å²) < 4.78 is 5.16. The van der Waals surface area contributed by atoms with Crippen LogP contribution in [-0.4, -0.2) is 30.2 Å². The first-order valence-electron chi connectivity index (χ1n) is 10.4. The van der Waals surface area contributed by atoms with Crippen molar-refractivity contribution in [2.24, 2.45) is 35.5 Å². The van der Waals surface area contributed by atoms with E-state index in [0.29, 0.717) is 22.4 Å². The van der Waals surface area contributed by atoms with Crippen molar-refractivity contribution in [3.63, 3.8) is 0 Å². The molecule has 4 aliphatic carbocycles. The van der Waals surface area contributed by atoms with Gasteiger partial charge in [0.2, 0.25) is 17.6 Å². The highest BCUT2D eigenvalue weighted by molar-refractivity contribution is 7.12. The third kappa shape index (κ3) is 2.76. The van der Waals surface area contributed by atoms with Crippen LogP contribution in [0.4, 0.5) is 5.69 Å². The number of hydrogen-bond acceptors (Lipinski definition) is 6. The van der Waals surface area contributed by atoms with Crippen LogP contribution < -0.4 is 4.90 Å². The van der Waals surface area contributed by atoms with Gasteiger partial charge in [0.05, 0.1) is 28.0 Å². The van der Waals surface area contributed by atoms with E-state index in [2.05, 4.69) is 12.2 Å². The van der Waals surface area contributed by atoms with Gasteiger partial charge in [-0.2, -0.15) is 0 Å². The highest BCUT2D eigenvalue weighted by Gasteiger charge is 2.67. The summed E-state index contributed by atoms with van der Waals surface area (Å²) in [5, 5.41) is 1.78. The van der Waals surface area contributed by atoms with Crippen LogP contribution in [0.25, 0.3) is 0 Å². The molecule has 7 rings (SSSR count). The second kappa shape index (κ2) is 6.72. The summed E-state index contributed by atoms with van der Waals surface area (Å²) in [5.41, 5.74) is 0.590. The maximum absolute atomic E-state index is 13.2. The van der Waals surface area contributed by atoms with Crippen LogP contribution in [-0.2, 0) is 14.3 Å². The Balaban J connectivity index is 1.21. The van der Waals surface area contributed by atoms with E-state index in [-0.39, 0.29) is 53.4 Å². The molecule has 6 nitrogen and oxygen atoms in total. The van der Waals surface area contributed by atoms with Gasteiger partial charge in [-0.1, -0.05) is 24.3 Å². The monoisotopic (exact) mass is 433 g/mol. The average Bonchev–Trinajstić information content (AvgIpc) is 3.35. The van der Waals surface area contributed by atoms with Gasteiger partial charge in [-0.05, 0) is 59.7 Å². The number of benzene rings is 1. The fourth-order valence-electron chi connectivity index (χ4n) is 5.71. The number of ether oxygens (including phenoxy) is 1. The summed E-state index contributed by atoms with van der Waals surface area (Å²) >= 11 is 1.29. The molecule has 1 aromatic carbocycles. The number of nitrogens with zero attached hydrogens (tertiary/aromatic N) is 1. The minimum absolute atomic E-state index is 0.151. The number of esters is 1. The summed E-state index contributed by atoms with van der Waals surface area (Å²) in [4.78, 5) is 52.8. The number of allylic oxidation sites excluding steroid dienone is 2. The topological polar surface area (TPSA) is 80.8 Å². The lowest BCUT2D eigenvalue weighted by molar-refractivity contribution is -0.124. The summed E-state index contributed by atoms with van der Waals surface area (Å²) in [7, 11) is 0. The number of thiophene rings is 1. The molecule has 2 heterocycles. The van der Waals surface area contributed by atoms with E-state index < -0.39 is 5.97 Å². The van der Waals surface area contributed by atoms with Crippen LogP contribution in [0.2, 0.25) is 0 Å². The van der Waals surface area contributed by atoms with Crippen LogP contribution in [0.1, 0.15) is 26.5 Å². The van der Waals surface area contributed by atoms with E-state index in [1.165, 1.54) is 22.3 Å². The standard InChI is InChI=1S/C24H19NO5S/c26-18(19-5-2-8-31-19)11-30-24(29)12-3-1-4-13(9-12)25-22(27)20-14-6-7-15(17-10-16(14)17)21(20)23(25)28/h1-9,14-17,20-21H,10-11H2/t14-,15-,16-,17-,20-,21-/m1/s1. The Labute approximate surface area is 182 Å². The molecule has 156 valence electrons. The number of amides is 2. The molecule has 3 fully saturated rings. The fourth-order valence-corrected chi connectivity index (χ4v) is 6.36. The molecule has 2 amide bonds. The SMILES string of the molecule is O=C(OCC(=O)c1cccs1)c1cccc(N2C(=O)[C@@H]3[C@@H]4C=C[C@H]([C@H]5C[C@H]45)[C@H]3C2=O)c1. The number of carbonyl (C=O) groups excluding carboxylic acids is 4. The molecule has 5 aliphatic rings. The van der Waals surface area contributed by atoms with Gasteiger partial charge >= 0.3 is 5.97 Å². The number of imide groups is 1. The molecule has 0 spiro atoms. The zero-order chi connectivity index (χ0) is 21.3. The Hall–Kier alpha value is -3.06. The van der Waals surface area contributed by atoms with E-state index in [4.69, 9.17) is 4.74 Å². The van der Waals surface area contributed by atoms with Crippen LogP contribution in [0.5, 0.6) is 0 Å². The Morgan fingerprint density at radius 3 is 2.35 bits per heavy atom. The number of hydrogen-bond donors (Lipinski definition) is 0. The van der Waals surface area contributed by atoms with Crippen molar-refractivity contribution < 1.29 is 23.9 Å². The molecule has 0 radical (unpaired) electrons. The summed E-state index contributed by atoms with van der Waals surface area (Å²) in [5.74, 6) is -0.464. The van der Waals surface area contributed by atoms with Crippen molar-refractivity contribution in [2.45, 2.75) is 6.42 Å². The zero-order valence-electron chi connectivity index (χ0n) is 16.5. The molecule has 2 saturated carbocycles. The van der Waals surface area contributed by atoms with Crippen molar-refractivity contribution in [2.75, 3.05) is 11.5 Å². The van der Waals surface area contributed by atoms with Gasteiger partial charge in [-0.15, -0.1) is 11.3 Å². The lowest BCUT2D eigenvalue weighted by Crippen LogP contribution is -2.40. The molecule has 31 heavy (non-hydrogen) atoms. The lowest BCUT2D eigenvalue weighted by Gasteiger charge is -2.37. The molecule has 1 aromatic heterocycles. The van der Waals surface area contributed by atoms with Crippen molar-refractivity contribution in [1.29, 1.82) is 0 Å².